The first-order valence-electron chi connectivity index (χ1n) is 4.54. The lowest BCUT2D eigenvalue weighted by molar-refractivity contribution is 0.0929. The maximum atomic E-state index is 11.7. The first-order chi connectivity index (χ1) is 7.35. The van der Waals surface area contributed by atoms with Crippen molar-refractivity contribution in [2.75, 3.05) is 0 Å². The molecule has 0 spiro atoms. The minimum atomic E-state index is -0.913. The molecule has 0 aliphatic rings. The zero-order chi connectivity index (χ0) is 12.3. The molecule has 0 aliphatic heterocycles. The lowest BCUT2D eigenvalue weighted by Gasteiger charge is -2.17. The Morgan fingerprint density at radius 3 is 2.50 bits per heavy atom. The molecule has 0 atom stereocenters. The molecule has 1 aromatic rings. The Labute approximate surface area is 104 Å². The molecule has 84 valence electrons. The van der Waals surface area contributed by atoms with Crippen LogP contribution in [0.3, 0.4) is 0 Å². The molecule has 0 aliphatic carbocycles. The van der Waals surface area contributed by atoms with Crippen LogP contribution in [0.2, 0.25) is 10.0 Å². The Hall–Kier alpha value is -1.24. The lowest BCUT2D eigenvalue weighted by Crippen LogP contribution is -2.42. The van der Waals surface area contributed by atoms with Gasteiger partial charge in [-0.1, -0.05) is 23.2 Å². The fraction of sp³-hybridized carbons (Fsp3) is 0.273. The Balaban J connectivity index is 2.91. The minimum absolute atomic E-state index is 0.309. The van der Waals surface area contributed by atoms with E-state index in [9.17, 15) is 4.79 Å². The minimum Gasteiger partial charge on any atom is -0.334 e. The van der Waals surface area contributed by atoms with Gasteiger partial charge in [0.25, 0.3) is 5.91 Å². The number of carbonyl (C=O) groups is 1. The summed E-state index contributed by atoms with van der Waals surface area (Å²) in [6.45, 7) is 3.23. The zero-order valence-electron chi connectivity index (χ0n) is 8.84. The summed E-state index contributed by atoms with van der Waals surface area (Å²) in [6, 6.07) is 6.53. The van der Waals surface area contributed by atoms with Crippen molar-refractivity contribution >= 4 is 29.1 Å². The molecule has 0 saturated carbocycles. The standard InChI is InChI=1S/C11H10Cl2N2O/c1-11(2,6-14)15-10(16)7-3-4-8(12)9(13)5-7/h3-5H,1-2H3,(H,15,16). The molecule has 3 nitrogen and oxygen atoms in total. The highest BCUT2D eigenvalue weighted by Crippen LogP contribution is 2.22. The van der Waals surface area contributed by atoms with Crippen LogP contribution in [-0.4, -0.2) is 11.4 Å². The molecule has 0 bridgehead atoms. The van der Waals surface area contributed by atoms with Crippen LogP contribution in [0.15, 0.2) is 18.2 Å². The summed E-state index contributed by atoms with van der Waals surface area (Å²) in [5, 5.41) is 12.0. The van der Waals surface area contributed by atoms with Gasteiger partial charge in [-0.3, -0.25) is 4.79 Å². The van der Waals surface area contributed by atoms with Gasteiger partial charge in [-0.2, -0.15) is 5.26 Å². The van der Waals surface area contributed by atoms with Crippen molar-refractivity contribution in [2.45, 2.75) is 19.4 Å². The smallest absolute Gasteiger partial charge is 0.252 e. The molecule has 0 unspecified atom stereocenters. The largest absolute Gasteiger partial charge is 0.334 e. The third-order valence-corrected chi connectivity index (χ3v) is 2.63. The SMILES string of the molecule is CC(C)(C#N)NC(=O)c1ccc(Cl)c(Cl)c1. The number of nitrogens with one attached hydrogen (secondary N) is 1. The van der Waals surface area contributed by atoms with Crippen molar-refractivity contribution in [3.8, 4) is 6.07 Å². The highest BCUT2D eigenvalue weighted by molar-refractivity contribution is 6.42. The van der Waals surface area contributed by atoms with Gasteiger partial charge in [0.2, 0.25) is 0 Å². The number of amides is 1. The number of nitriles is 1. The Bertz CT molecular complexity index is 464. The summed E-state index contributed by atoms with van der Waals surface area (Å²) in [5.74, 6) is -0.356. The topological polar surface area (TPSA) is 52.9 Å². The Kier molecular flexibility index (Phi) is 3.79. The fourth-order valence-electron chi connectivity index (χ4n) is 1.02. The average molecular weight is 257 g/mol. The number of benzene rings is 1. The molecule has 0 aromatic heterocycles. The Morgan fingerprint density at radius 1 is 1.38 bits per heavy atom. The number of carbonyl (C=O) groups excluding carboxylic acids is 1. The first-order valence-corrected chi connectivity index (χ1v) is 5.30. The number of halogens is 2. The van der Waals surface area contributed by atoms with Crippen LogP contribution in [0, 0.1) is 11.3 Å². The molecule has 1 rings (SSSR count). The molecular formula is C11H10Cl2N2O. The van der Waals surface area contributed by atoms with E-state index < -0.39 is 5.54 Å². The van der Waals surface area contributed by atoms with Crippen molar-refractivity contribution in [2.24, 2.45) is 0 Å². The van der Waals surface area contributed by atoms with Gasteiger partial charge in [0.15, 0.2) is 0 Å². The van der Waals surface area contributed by atoms with E-state index in [1.807, 2.05) is 6.07 Å². The molecule has 1 N–H and O–H groups in total. The number of nitrogens with zero attached hydrogens (tertiary/aromatic N) is 1. The normalized spacial score (nSPS) is 10.7. The molecule has 5 heteroatoms. The molecule has 1 aromatic carbocycles. The van der Waals surface area contributed by atoms with E-state index in [0.717, 1.165) is 0 Å². The third kappa shape index (κ3) is 3.13. The van der Waals surface area contributed by atoms with Gasteiger partial charge < -0.3 is 5.32 Å². The predicted octanol–water partition coefficient (Wildman–Crippen LogP) is 3.03. The summed E-state index contributed by atoms with van der Waals surface area (Å²) in [6.07, 6.45) is 0. The van der Waals surface area contributed by atoms with Gasteiger partial charge in [-0.15, -0.1) is 0 Å². The van der Waals surface area contributed by atoms with E-state index in [-0.39, 0.29) is 5.91 Å². The van der Waals surface area contributed by atoms with E-state index in [0.29, 0.717) is 15.6 Å². The predicted molar refractivity (Wildman–Crippen MR) is 63.6 cm³/mol. The average Bonchev–Trinajstić information content (AvgIpc) is 2.21. The lowest BCUT2D eigenvalue weighted by atomic mass is 10.1. The summed E-state index contributed by atoms with van der Waals surface area (Å²) >= 11 is 11.5. The molecule has 0 saturated heterocycles. The molecule has 1 amide bonds. The van der Waals surface area contributed by atoms with Crippen LogP contribution in [-0.2, 0) is 0 Å². The van der Waals surface area contributed by atoms with Gasteiger partial charge in [0.05, 0.1) is 16.1 Å². The quantitative estimate of drug-likeness (QED) is 0.885. The number of hydrogen-bond acceptors (Lipinski definition) is 2. The summed E-state index contributed by atoms with van der Waals surface area (Å²) in [7, 11) is 0. The van der Waals surface area contributed by atoms with E-state index in [1.165, 1.54) is 12.1 Å². The summed E-state index contributed by atoms with van der Waals surface area (Å²) in [4.78, 5) is 11.7. The number of rotatable bonds is 2. The van der Waals surface area contributed by atoms with Gasteiger partial charge in [0, 0.05) is 5.56 Å². The fourth-order valence-corrected chi connectivity index (χ4v) is 1.32. The maximum absolute atomic E-state index is 11.7. The summed E-state index contributed by atoms with van der Waals surface area (Å²) in [5.41, 5.74) is -0.541. The molecule has 0 radical (unpaired) electrons. The second kappa shape index (κ2) is 4.73. The van der Waals surface area contributed by atoms with Crippen molar-refractivity contribution < 1.29 is 4.79 Å². The summed E-state index contributed by atoms with van der Waals surface area (Å²) < 4.78 is 0. The van der Waals surface area contributed by atoms with Crippen molar-refractivity contribution in [1.82, 2.24) is 5.32 Å². The van der Waals surface area contributed by atoms with Gasteiger partial charge in [-0.25, -0.2) is 0 Å². The van der Waals surface area contributed by atoms with Crippen molar-refractivity contribution in [1.29, 1.82) is 5.26 Å². The van der Waals surface area contributed by atoms with Gasteiger partial charge in [-0.05, 0) is 32.0 Å². The highest BCUT2D eigenvalue weighted by Gasteiger charge is 2.20. The molecule has 0 fully saturated rings. The zero-order valence-corrected chi connectivity index (χ0v) is 10.4. The molecular weight excluding hydrogens is 247 g/mol. The van der Waals surface area contributed by atoms with Crippen LogP contribution in [0.1, 0.15) is 24.2 Å². The number of hydrogen-bond donors (Lipinski definition) is 1. The first kappa shape index (κ1) is 12.8. The van der Waals surface area contributed by atoms with Crippen LogP contribution in [0.5, 0.6) is 0 Å². The van der Waals surface area contributed by atoms with E-state index in [4.69, 9.17) is 28.5 Å². The monoisotopic (exact) mass is 256 g/mol. The van der Waals surface area contributed by atoms with Crippen molar-refractivity contribution in [3.63, 3.8) is 0 Å². The Morgan fingerprint density at radius 2 is 2.00 bits per heavy atom. The maximum Gasteiger partial charge on any atom is 0.252 e. The van der Waals surface area contributed by atoms with Crippen molar-refractivity contribution in [3.05, 3.63) is 33.8 Å². The van der Waals surface area contributed by atoms with E-state index in [2.05, 4.69) is 5.32 Å². The van der Waals surface area contributed by atoms with Crippen LogP contribution in [0.4, 0.5) is 0 Å². The van der Waals surface area contributed by atoms with E-state index in [1.54, 1.807) is 19.9 Å². The van der Waals surface area contributed by atoms with Gasteiger partial charge >= 0.3 is 0 Å². The van der Waals surface area contributed by atoms with E-state index >= 15 is 0 Å². The van der Waals surface area contributed by atoms with Crippen LogP contribution in [0.25, 0.3) is 0 Å². The second-order valence-corrected chi connectivity index (χ2v) is 4.63. The van der Waals surface area contributed by atoms with Gasteiger partial charge in [0.1, 0.15) is 5.54 Å². The van der Waals surface area contributed by atoms with Crippen LogP contribution >= 0.6 is 23.2 Å². The third-order valence-electron chi connectivity index (χ3n) is 1.89. The molecule has 0 heterocycles. The van der Waals surface area contributed by atoms with Crippen LogP contribution < -0.4 is 5.32 Å². The highest BCUT2D eigenvalue weighted by atomic mass is 35.5. The second-order valence-electron chi connectivity index (χ2n) is 3.82. The molecule has 16 heavy (non-hydrogen) atoms.